The number of para-hydroxylation sites is 1. The Balaban J connectivity index is 2.18. The molecule has 0 fully saturated rings. The molecule has 0 bridgehead atoms. The number of hydrogen-bond donors (Lipinski definition) is 1. The smallest absolute Gasteiger partial charge is 0.257 e. The summed E-state index contributed by atoms with van der Waals surface area (Å²) in [6.45, 7) is 2.75. The maximum Gasteiger partial charge on any atom is 0.257 e. The van der Waals surface area contributed by atoms with Gasteiger partial charge in [0.25, 0.3) is 11.8 Å². The molecule has 23 heavy (non-hydrogen) atoms. The molecule has 0 unspecified atom stereocenters. The van der Waals surface area contributed by atoms with Crippen LogP contribution in [0.15, 0.2) is 54.6 Å². The van der Waals surface area contributed by atoms with Crippen LogP contribution in [0.2, 0.25) is 0 Å². The second-order valence-electron chi connectivity index (χ2n) is 5.06. The maximum absolute atomic E-state index is 12.8. The van der Waals surface area contributed by atoms with Gasteiger partial charge < -0.3 is 15.4 Å². The minimum atomic E-state index is -0.580. The lowest BCUT2D eigenvalue weighted by Crippen LogP contribution is -2.31. The number of amides is 2. The molecule has 0 aliphatic rings. The normalized spacial score (nSPS) is 10.1. The Kier molecular flexibility index (Phi) is 5.74. The Morgan fingerprint density at radius 3 is 2.35 bits per heavy atom. The van der Waals surface area contributed by atoms with E-state index in [1.165, 1.54) is 0 Å². The molecule has 0 saturated heterocycles. The average molecular weight is 312 g/mol. The van der Waals surface area contributed by atoms with Crippen molar-refractivity contribution < 1.29 is 14.3 Å². The van der Waals surface area contributed by atoms with Crippen molar-refractivity contribution in [1.82, 2.24) is 4.90 Å². The predicted molar refractivity (Wildman–Crippen MR) is 88.0 cm³/mol. The summed E-state index contributed by atoms with van der Waals surface area (Å²) in [7, 11) is 0. The predicted octanol–water partition coefficient (Wildman–Crippen LogP) is 2.21. The van der Waals surface area contributed by atoms with Gasteiger partial charge in [-0.05, 0) is 24.6 Å². The van der Waals surface area contributed by atoms with Crippen LogP contribution in [0.3, 0.4) is 0 Å². The summed E-state index contributed by atoms with van der Waals surface area (Å²) in [5.41, 5.74) is 6.57. The van der Waals surface area contributed by atoms with E-state index in [1.54, 1.807) is 29.2 Å². The van der Waals surface area contributed by atoms with Crippen LogP contribution in [0.25, 0.3) is 0 Å². The summed E-state index contributed by atoms with van der Waals surface area (Å²) in [5.74, 6) is -0.358. The number of carbonyl (C=O) groups excluding carboxylic acids is 2. The molecule has 2 aromatic carbocycles. The summed E-state index contributed by atoms with van der Waals surface area (Å²) >= 11 is 0. The molecule has 0 aliphatic heterocycles. The van der Waals surface area contributed by atoms with E-state index >= 15 is 0 Å². The Hall–Kier alpha value is -2.82. The molecule has 5 heteroatoms. The van der Waals surface area contributed by atoms with Gasteiger partial charge in [-0.15, -0.1) is 0 Å². The van der Waals surface area contributed by atoms with Crippen molar-refractivity contribution in [2.45, 2.75) is 13.5 Å². The standard InChI is InChI=1S/C18H20N2O3/c1-2-20(12-14-8-4-3-5-9-14)18(22)15-10-6-7-11-16(15)23-13-17(19)21/h3-11H,2,12-13H2,1H3,(H2,19,21). The van der Waals surface area contributed by atoms with Gasteiger partial charge in [0.1, 0.15) is 5.75 Å². The van der Waals surface area contributed by atoms with E-state index in [-0.39, 0.29) is 12.5 Å². The number of nitrogens with zero attached hydrogens (tertiary/aromatic N) is 1. The minimum Gasteiger partial charge on any atom is -0.483 e. The first-order valence-corrected chi connectivity index (χ1v) is 7.45. The number of ether oxygens (including phenoxy) is 1. The molecule has 0 saturated carbocycles. The molecule has 0 atom stereocenters. The van der Waals surface area contributed by atoms with Crippen molar-refractivity contribution in [2.75, 3.05) is 13.2 Å². The molecule has 0 radical (unpaired) electrons. The van der Waals surface area contributed by atoms with Gasteiger partial charge in [-0.25, -0.2) is 0 Å². The van der Waals surface area contributed by atoms with Crippen LogP contribution in [-0.2, 0) is 11.3 Å². The Bertz CT molecular complexity index is 671. The number of carbonyl (C=O) groups is 2. The van der Waals surface area contributed by atoms with Crippen molar-refractivity contribution in [2.24, 2.45) is 5.73 Å². The molecule has 2 rings (SSSR count). The number of rotatable bonds is 7. The summed E-state index contributed by atoms with van der Waals surface area (Å²) < 4.78 is 5.34. The maximum atomic E-state index is 12.8. The molecule has 5 nitrogen and oxygen atoms in total. The van der Waals surface area contributed by atoms with Gasteiger partial charge in [0.2, 0.25) is 0 Å². The van der Waals surface area contributed by atoms with Crippen molar-refractivity contribution in [3.63, 3.8) is 0 Å². The lowest BCUT2D eigenvalue weighted by atomic mass is 10.1. The van der Waals surface area contributed by atoms with Crippen LogP contribution in [0.1, 0.15) is 22.8 Å². The van der Waals surface area contributed by atoms with E-state index in [1.807, 2.05) is 37.3 Å². The number of benzene rings is 2. The quantitative estimate of drug-likeness (QED) is 0.852. The highest BCUT2D eigenvalue weighted by Crippen LogP contribution is 2.21. The lowest BCUT2D eigenvalue weighted by molar-refractivity contribution is -0.119. The van der Waals surface area contributed by atoms with Crippen LogP contribution in [0, 0.1) is 0 Å². The highest BCUT2D eigenvalue weighted by molar-refractivity contribution is 5.97. The van der Waals surface area contributed by atoms with Crippen LogP contribution >= 0.6 is 0 Å². The Morgan fingerprint density at radius 1 is 1.04 bits per heavy atom. The second-order valence-corrected chi connectivity index (χ2v) is 5.06. The molecule has 120 valence electrons. The SMILES string of the molecule is CCN(Cc1ccccc1)C(=O)c1ccccc1OCC(N)=O. The first-order chi connectivity index (χ1) is 11.1. The monoisotopic (exact) mass is 312 g/mol. The Morgan fingerprint density at radius 2 is 1.70 bits per heavy atom. The van der Waals surface area contributed by atoms with Crippen molar-refractivity contribution >= 4 is 11.8 Å². The third kappa shape index (κ3) is 4.57. The molecule has 2 N–H and O–H groups in total. The first-order valence-electron chi connectivity index (χ1n) is 7.45. The van der Waals surface area contributed by atoms with Gasteiger partial charge in [0, 0.05) is 13.1 Å². The Labute approximate surface area is 135 Å². The highest BCUT2D eigenvalue weighted by atomic mass is 16.5. The number of hydrogen-bond acceptors (Lipinski definition) is 3. The zero-order chi connectivity index (χ0) is 16.7. The van der Waals surface area contributed by atoms with Crippen LogP contribution in [-0.4, -0.2) is 29.9 Å². The van der Waals surface area contributed by atoms with Crippen molar-refractivity contribution in [3.8, 4) is 5.75 Å². The topological polar surface area (TPSA) is 72.6 Å². The van der Waals surface area contributed by atoms with Crippen LogP contribution in [0.4, 0.5) is 0 Å². The van der Waals surface area contributed by atoms with Gasteiger partial charge in [-0.3, -0.25) is 9.59 Å². The fraction of sp³-hybridized carbons (Fsp3) is 0.222. The summed E-state index contributed by atoms with van der Waals surface area (Å²) in [6.07, 6.45) is 0. The number of nitrogens with two attached hydrogens (primary N) is 1. The number of primary amides is 1. The van der Waals surface area contributed by atoms with Crippen LogP contribution < -0.4 is 10.5 Å². The summed E-state index contributed by atoms with van der Waals surface area (Å²) in [5, 5.41) is 0. The fourth-order valence-corrected chi connectivity index (χ4v) is 2.22. The summed E-state index contributed by atoms with van der Waals surface area (Å²) in [4.78, 5) is 25.4. The average Bonchev–Trinajstić information content (AvgIpc) is 2.58. The third-order valence-electron chi connectivity index (χ3n) is 3.37. The van der Waals surface area contributed by atoms with E-state index in [0.29, 0.717) is 24.4 Å². The molecule has 0 aliphatic carbocycles. The van der Waals surface area contributed by atoms with E-state index in [4.69, 9.17) is 10.5 Å². The molecule has 2 aromatic rings. The molecular weight excluding hydrogens is 292 g/mol. The molecule has 0 spiro atoms. The van der Waals surface area contributed by atoms with E-state index in [0.717, 1.165) is 5.56 Å². The third-order valence-corrected chi connectivity index (χ3v) is 3.37. The fourth-order valence-electron chi connectivity index (χ4n) is 2.22. The van der Waals surface area contributed by atoms with Crippen LogP contribution in [0.5, 0.6) is 5.75 Å². The highest BCUT2D eigenvalue weighted by Gasteiger charge is 2.18. The van der Waals surface area contributed by atoms with Crippen molar-refractivity contribution in [1.29, 1.82) is 0 Å². The molecular formula is C18H20N2O3. The van der Waals surface area contributed by atoms with Crippen molar-refractivity contribution in [3.05, 3.63) is 65.7 Å². The van der Waals surface area contributed by atoms with E-state index < -0.39 is 5.91 Å². The van der Waals surface area contributed by atoms with Gasteiger partial charge in [0.15, 0.2) is 6.61 Å². The van der Waals surface area contributed by atoms with E-state index in [2.05, 4.69) is 0 Å². The minimum absolute atomic E-state index is 0.142. The lowest BCUT2D eigenvalue weighted by Gasteiger charge is -2.22. The molecule has 0 heterocycles. The molecule has 2 amide bonds. The second kappa shape index (κ2) is 7.98. The molecule has 0 aromatic heterocycles. The first kappa shape index (κ1) is 16.5. The van der Waals surface area contributed by atoms with Gasteiger partial charge >= 0.3 is 0 Å². The zero-order valence-corrected chi connectivity index (χ0v) is 13.1. The van der Waals surface area contributed by atoms with Gasteiger partial charge in [-0.1, -0.05) is 42.5 Å². The van der Waals surface area contributed by atoms with Gasteiger partial charge in [0.05, 0.1) is 5.56 Å². The van der Waals surface area contributed by atoms with E-state index in [9.17, 15) is 9.59 Å². The van der Waals surface area contributed by atoms with Gasteiger partial charge in [-0.2, -0.15) is 0 Å². The zero-order valence-electron chi connectivity index (χ0n) is 13.1. The summed E-state index contributed by atoms with van der Waals surface area (Å²) in [6, 6.07) is 16.6. The largest absolute Gasteiger partial charge is 0.483 e.